The number of aromatic nitrogens is 2. The van der Waals surface area contributed by atoms with Gasteiger partial charge in [-0.25, -0.2) is 4.68 Å². The second-order valence-corrected chi connectivity index (χ2v) is 7.97. The van der Waals surface area contributed by atoms with Crippen LogP contribution in [0.1, 0.15) is 17.4 Å². The van der Waals surface area contributed by atoms with Crippen LogP contribution in [0.2, 0.25) is 5.02 Å². The number of hydrogen-bond donors (Lipinski definition) is 1. The summed E-state index contributed by atoms with van der Waals surface area (Å²) < 4.78 is 12.9. The number of furan rings is 1. The van der Waals surface area contributed by atoms with Crippen LogP contribution in [0.15, 0.2) is 77.7 Å². The van der Waals surface area contributed by atoms with E-state index in [1.807, 2.05) is 36.5 Å². The van der Waals surface area contributed by atoms with E-state index >= 15 is 0 Å². The number of carbonyl (C=O) groups excluding carboxylic acids is 1. The number of phenolic OH excluding ortho intramolecular Hbond substituents is 1. The molecule has 1 N–H and O–H groups in total. The Bertz CT molecular complexity index is 1220. The first-order valence-electron chi connectivity index (χ1n) is 10.2. The molecule has 8 heteroatoms. The number of amides is 1. The zero-order chi connectivity index (χ0) is 22.1. The van der Waals surface area contributed by atoms with Gasteiger partial charge in [-0.3, -0.25) is 4.79 Å². The van der Waals surface area contributed by atoms with Gasteiger partial charge in [0.25, 0.3) is 5.91 Å². The average Bonchev–Trinajstić information content (AvgIpc) is 3.53. The maximum absolute atomic E-state index is 12.6. The van der Waals surface area contributed by atoms with Gasteiger partial charge >= 0.3 is 0 Å². The van der Waals surface area contributed by atoms with Crippen molar-refractivity contribution in [3.05, 3.63) is 89.5 Å². The first kappa shape index (κ1) is 20.4. The highest BCUT2D eigenvalue weighted by Gasteiger charge is 2.36. The third-order valence-corrected chi connectivity index (χ3v) is 5.69. The second-order valence-electron chi connectivity index (χ2n) is 7.53. The van der Waals surface area contributed by atoms with Gasteiger partial charge in [-0.15, -0.1) is 0 Å². The van der Waals surface area contributed by atoms with E-state index in [1.54, 1.807) is 46.4 Å². The summed E-state index contributed by atoms with van der Waals surface area (Å²) in [4.78, 5) is 14.4. The van der Waals surface area contributed by atoms with Crippen molar-refractivity contribution in [2.75, 3.05) is 13.2 Å². The molecule has 1 amide bonds. The molecule has 4 aromatic rings. The molecule has 0 bridgehead atoms. The van der Waals surface area contributed by atoms with E-state index in [0.29, 0.717) is 23.7 Å². The predicted molar refractivity (Wildman–Crippen MR) is 118 cm³/mol. The molecule has 1 fully saturated rings. The van der Waals surface area contributed by atoms with Crippen LogP contribution in [-0.4, -0.2) is 38.8 Å². The van der Waals surface area contributed by atoms with Crippen LogP contribution >= 0.6 is 11.6 Å². The van der Waals surface area contributed by atoms with E-state index in [-0.39, 0.29) is 18.3 Å². The van der Waals surface area contributed by atoms with Crippen molar-refractivity contribution in [2.24, 2.45) is 0 Å². The zero-order valence-electron chi connectivity index (χ0n) is 17.0. The molecule has 5 rings (SSSR count). The van der Waals surface area contributed by atoms with Gasteiger partial charge in [-0.2, -0.15) is 5.10 Å². The first-order chi connectivity index (χ1) is 15.6. The molecule has 0 spiro atoms. The number of halogens is 1. The Morgan fingerprint density at radius 2 is 1.88 bits per heavy atom. The maximum atomic E-state index is 12.6. The minimum Gasteiger partial charge on any atom is -0.508 e. The summed E-state index contributed by atoms with van der Waals surface area (Å²) in [6, 6.07) is 16.2. The molecule has 0 aliphatic carbocycles. The molecular weight excluding hydrogens is 430 g/mol. The summed E-state index contributed by atoms with van der Waals surface area (Å²) in [7, 11) is 0. The van der Waals surface area contributed by atoms with Gasteiger partial charge in [-0.05, 0) is 54.4 Å². The van der Waals surface area contributed by atoms with Gasteiger partial charge in [0.15, 0.2) is 6.23 Å². The van der Waals surface area contributed by atoms with Gasteiger partial charge < -0.3 is 19.2 Å². The van der Waals surface area contributed by atoms with Crippen LogP contribution in [0.4, 0.5) is 0 Å². The van der Waals surface area contributed by atoms with Crippen molar-refractivity contribution in [2.45, 2.75) is 12.6 Å². The fraction of sp³-hybridized carbons (Fsp3) is 0.167. The highest BCUT2D eigenvalue weighted by Crippen LogP contribution is 2.35. The van der Waals surface area contributed by atoms with Gasteiger partial charge in [0.1, 0.15) is 18.1 Å². The van der Waals surface area contributed by atoms with Gasteiger partial charge in [-0.1, -0.05) is 23.7 Å². The number of carbonyl (C=O) groups is 1. The molecule has 0 radical (unpaired) electrons. The largest absolute Gasteiger partial charge is 0.508 e. The minimum atomic E-state index is -0.564. The third kappa shape index (κ3) is 4.00. The molecule has 2 aromatic heterocycles. The summed E-state index contributed by atoms with van der Waals surface area (Å²) in [6.45, 7) is 0.489. The Labute approximate surface area is 189 Å². The Morgan fingerprint density at radius 3 is 2.59 bits per heavy atom. The Kier molecular flexibility index (Phi) is 5.43. The molecule has 1 aliphatic heterocycles. The topological polar surface area (TPSA) is 80.7 Å². The van der Waals surface area contributed by atoms with Gasteiger partial charge in [0.05, 0.1) is 18.2 Å². The number of rotatable bonds is 6. The second kappa shape index (κ2) is 8.53. The molecular formula is C24H20ClN3O4. The molecule has 32 heavy (non-hydrogen) atoms. The molecule has 1 aliphatic rings. The molecule has 0 saturated carbocycles. The average molecular weight is 450 g/mol. The zero-order valence-corrected chi connectivity index (χ0v) is 17.8. The Morgan fingerprint density at radius 1 is 1.09 bits per heavy atom. The lowest BCUT2D eigenvalue weighted by Gasteiger charge is -2.23. The molecule has 2 aromatic carbocycles. The Balaban J connectivity index is 1.48. The normalized spacial score (nSPS) is 16.1. The van der Waals surface area contributed by atoms with Gasteiger partial charge in [0.2, 0.25) is 0 Å². The summed E-state index contributed by atoms with van der Waals surface area (Å²) in [6.07, 6.45) is 5.16. The number of phenols is 1. The highest BCUT2D eigenvalue weighted by atomic mass is 35.5. The SMILES string of the molecule is O=C1COC(c2cn(-c3ccc(Cl)cc3)nc2-c2ccoc2)N1CCc1ccc(O)cc1. The van der Waals surface area contributed by atoms with E-state index in [1.165, 1.54) is 0 Å². The highest BCUT2D eigenvalue weighted by molar-refractivity contribution is 6.30. The smallest absolute Gasteiger partial charge is 0.250 e. The molecule has 7 nitrogen and oxygen atoms in total. The van der Waals surface area contributed by atoms with Crippen molar-refractivity contribution in [1.82, 2.24) is 14.7 Å². The number of hydrogen-bond acceptors (Lipinski definition) is 5. The monoisotopic (exact) mass is 449 g/mol. The molecule has 1 unspecified atom stereocenters. The van der Waals surface area contributed by atoms with Crippen molar-refractivity contribution in [3.63, 3.8) is 0 Å². The fourth-order valence-electron chi connectivity index (χ4n) is 3.78. The summed E-state index contributed by atoms with van der Waals surface area (Å²) in [5, 5.41) is 14.9. The summed E-state index contributed by atoms with van der Waals surface area (Å²) in [5.41, 5.74) is 4.12. The maximum Gasteiger partial charge on any atom is 0.250 e. The molecule has 3 heterocycles. The van der Waals surface area contributed by atoms with E-state index in [2.05, 4.69) is 0 Å². The minimum absolute atomic E-state index is 0.0111. The van der Waals surface area contributed by atoms with Crippen molar-refractivity contribution >= 4 is 17.5 Å². The van der Waals surface area contributed by atoms with E-state index < -0.39 is 6.23 Å². The lowest BCUT2D eigenvalue weighted by atomic mass is 10.1. The quantitative estimate of drug-likeness (QED) is 0.465. The predicted octanol–water partition coefficient (Wildman–Crippen LogP) is 4.59. The standard InChI is InChI=1S/C24H20ClN3O4/c25-18-3-5-19(6-4-18)28-13-21(23(26-28)17-10-12-31-14-17)24-27(22(30)15-32-24)11-9-16-1-7-20(29)8-2-16/h1-8,10,12-14,24,29H,9,11,15H2. The summed E-state index contributed by atoms with van der Waals surface area (Å²) in [5.74, 6) is 0.137. The van der Waals surface area contributed by atoms with Crippen molar-refractivity contribution < 1.29 is 19.1 Å². The van der Waals surface area contributed by atoms with Crippen LogP contribution in [0.25, 0.3) is 16.9 Å². The molecule has 162 valence electrons. The number of ether oxygens (including phenoxy) is 1. The molecule has 1 saturated heterocycles. The van der Waals surface area contributed by atoms with Crippen LogP contribution in [0.3, 0.4) is 0 Å². The molecule has 1 atom stereocenters. The number of benzene rings is 2. The first-order valence-corrected chi connectivity index (χ1v) is 10.5. The lowest BCUT2D eigenvalue weighted by Crippen LogP contribution is -2.30. The van der Waals surface area contributed by atoms with Crippen LogP contribution < -0.4 is 0 Å². The number of nitrogens with zero attached hydrogens (tertiary/aromatic N) is 3. The number of aromatic hydroxyl groups is 1. The lowest BCUT2D eigenvalue weighted by molar-refractivity contribution is -0.128. The van der Waals surface area contributed by atoms with Crippen molar-refractivity contribution in [3.8, 4) is 22.7 Å². The van der Waals surface area contributed by atoms with E-state index in [9.17, 15) is 9.90 Å². The van der Waals surface area contributed by atoms with E-state index in [4.69, 9.17) is 25.9 Å². The summed E-state index contributed by atoms with van der Waals surface area (Å²) >= 11 is 6.03. The van der Waals surface area contributed by atoms with Crippen LogP contribution in [0.5, 0.6) is 5.75 Å². The van der Waals surface area contributed by atoms with Gasteiger partial charge in [0, 0.05) is 28.9 Å². The van der Waals surface area contributed by atoms with Crippen LogP contribution in [0, 0.1) is 0 Å². The Hall–Kier alpha value is -3.55. The van der Waals surface area contributed by atoms with E-state index in [0.717, 1.165) is 22.4 Å². The fourth-order valence-corrected chi connectivity index (χ4v) is 3.91. The third-order valence-electron chi connectivity index (χ3n) is 5.44. The van der Waals surface area contributed by atoms with Crippen molar-refractivity contribution in [1.29, 1.82) is 0 Å². The van der Waals surface area contributed by atoms with Crippen LogP contribution in [-0.2, 0) is 16.0 Å².